The Morgan fingerprint density at radius 3 is 2.62 bits per heavy atom. The Morgan fingerprint density at radius 1 is 1.48 bits per heavy atom. The lowest BCUT2D eigenvalue weighted by Crippen LogP contribution is -2.47. The first-order valence-corrected chi connectivity index (χ1v) is 7.29. The summed E-state index contributed by atoms with van der Waals surface area (Å²) in [5.74, 6) is -1.82. The fourth-order valence-corrected chi connectivity index (χ4v) is 3.17. The number of rotatable bonds is 3. The van der Waals surface area contributed by atoms with Crippen LogP contribution < -0.4 is 0 Å². The van der Waals surface area contributed by atoms with Crippen LogP contribution in [0.25, 0.3) is 0 Å². The summed E-state index contributed by atoms with van der Waals surface area (Å²) in [6.45, 7) is -0.298. The van der Waals surface area contributed by atoms with Gasteiger partial charge < -0.3 is 5.11 Å². The molecule has 1 saturated heterocycles. The van der Waals surface area contributed by atoms with Gasteiger partial charge >= 0.3 is 12.1 Å². The Bertz CT molecular complexity index is 567. The SMILES string of the molecule is O=C(O)C1(C(F)(F)F)CCN(Cc2ccc(Br)cc2Cl)C1. The molecular formula is C13H12BrClF3NO2. The van der Waals surface area contributed by atoms with E-state index in [1.807, 2.05) is 0 Å². The number of hydrogen-bond acceptors (Lipinski definition) is 2. The van der Waals surface area contributed by atoms with Crippen LogP contribution in [-0.2, 0) is 11.3 Å². The van der Waals surface area contributed by atoms with Gasteiger partial charge in [0, 0.05) is 29.1 Å². The number of carboxylic acid groups (broad SMARTS) is 1. The Hall–Kier alpha value is -0.790. The molecule has 0 spiro atoms. The number of carbonyl (C=O) groups is 1. The van der Waals surface area contributed by atoms with E-state index in [0.717, 1.165) is 4.47 Å². The van der Waals surface area contributed by atoms with E-state index >= 15 is 0 Å². The highest BCUT2D eigenvalue weighted by molar-refractivity contribution is 9.10. The lowest BCUT2D eigenvalue weighted by Gasteiger charge is -2.27. The summed E-state index contributed by atoms with van der Waals surface area (Å²) in [5.41, 5.74) is -2.02. The number of alkyl halides is 3. The van der Waals surface area contributed by atoms with Gasteiger partial charge in [-0.05, 0) is 24.1 Å². The van der Waals surface area contributed by atoms with Crippen molar-refractivity contribution in [2.45, 2.75) is 19.1 Å². The summed E-state index contributed by atoms with van der Waals surface area (Å²) in [6, 6.07) is 5.10. The van der Waals surface area contributed by atoms with Gasteiger partial charge in [-0.1, -0.05) is 33.6 Å². The van der Waals surface area contributed by atoms with Crippen LogP contribution in [0.5, 0.6) is 0 Å². The number of carboxylic acids is 1. The summed E-state index contributed by atoms with van der Waals surface area (Å²) in [6.07, 6.45) is -5.21. The maximum absolute atomic E-state index is 13.1. The molecular weight excluding hydrogens is 374 g/mol. The molecule has 0 radical (unpaired) electrons. The zero-order valence-electron chi connectivity index (χ0n) is 10.8. The molecule has 1 aliphatic heterocycles. The van der Waals surface area contributed by atoms with Gasteiger partial charge in [0.1, 0.15) is 0 Å². The molecule has 21 heavy (non-hydrogen) atoms. The minimum Gasteiger partial charge on any atom is -0.481 e. The van der Waals surface area contributed by atoms with Crippen molar-refractivity contribution in [1.82, 2.24) is 4.90 Å². The van der Waals surface area contributed by atoms with Crippen LogP contribution in [-0.4, -0.2) is 35.2 Å². The second-order valence-corrected chi connectivity index (χ2v) is 6.40. The highest BCUT2D eigenvalue weighted by Gasteiger charge is 2.63. The molecule has 1 aromatic carbocycles. The summed E-state index contributed by atoms with van der Waals surface area (Å²) >= 11 is 9.28. The number of aliphatic carboxylic acids is 1. The van der Waals surface area contributed by atoms with Crippen LogP contribution in [0.2, 0.25) is 5.02 Å². The highest BCUT2D eigenvalue weighted by Crippen LogP contribution is 2.46. The van der Waals surface area contributed by atoms with Crippen LogP contribution in [0.15, 0.2) is 22.7 Å². The summed E-state index contributed by atoms with van der Waals surface area (Å²) in [5, 5.41) is 9.43. The number of hydrogen-bond donors (Lipinski definition) is 1. The minimum absolute atomic E-state index is 0.0677. The van der Waals surface area contributed by atoms with Crippen molar-refractivity contribution in [3.63, 3.8) is 0 Å². The van der Waals surface area contributed by atoms with E-state index in [4.69, 9.17) is 16.7 Å². The van der Waals surface area contributed by atoms with E-state index < -0.39 is 30.5 Å². The average molecular weight is 387 g/mol. The van der Waals surface area contributed by atoms with Gasteiger partial charge in [0.15, 0.2) is 5.41 Å². The second kappa shape index (κ2) is 5.78. The third-order valence-electron chi connectivity index (χ3n) is 3.71. The van der Waals surface area contributed by atoms with Gasteiger partial charge in [0.2, 0.25) is 0 Å². The predicted octanol–water partition coefficient (Wildman–Crippen LogP) is 3.94. The van der Waals surface area contributed by atoms with E-state index in [2.05, 4.69) is 15.9 Å². The Labute approximate surface area is 132 Å². The molecule has 3 nitrogen and oxygen atoms in total. The van der Waals surface area contributed by atoms with Crippen LogP contribution in [0.3, 0.4) is 0 Å². The molecule has 1 aliphatic rings. The predicted molar refractivity (Wildman–Crippen MR) is 75.2 cm³/mol. The second-order valence-electron chi connectivity index (χ2n) is 5.08. The lowest BCUT2D eigenvalue weighted by molar-refractivity contribution is -0.227. The normalized spacial score (nSPS) is 23.5. The van der Waals surface area contributed by atoms with E-state index in [1.165, 1.54) is 4.90 Å². The van der Waals surface area contributed by atoms with Crippen molar-refractivity contribution in [3.8, 4) is 0 Å². The van der Waals surface area contributed by atoms with Crippen molar-refractivity contribution in [2.75, 3.05) is 13.1 Å². The van der Waals surface area contributed by atoms with Gasteiger partial charge in [0.25, 0.3) is 0 Å². The Morgan fingerprint density at radius 2 is 2.14 bits per heavy atom. The first kappa shape index (κ1) is 16.6. The Kier molecular flexibility index (Phi) is 4.56. The molecule has 1 atom stereocenters. The van der Waals surface area contributed by atoms with E-state index in [9.17, 15) is 18.0 Å². The molecule has 1 unspecified atom stereocenters. The number of halogens is 5. The lowest BCUT2D eigenvalue weighted by atomic mass is 9.86. The molecule has 0 saturated carbocycles. The van der Waals surface area contributed by atoms with Gasteiger partial charge in [-0.15, -0.1) is 0 Å². The quantitative estimate of drug-likeness (QED) is 0.855. The van der Waals surface area contributed by atoms with E-state index in [1.54, 1.807) is 18.2 Å². The Balaban J connectivity index is 2.17. The first-order valence-electron chi connectivity index (χ1n) is 6.12. The van der Waals surface area contributed by atoms with Crippen LogP contribution in [0.4, 0.5) is 13.2 Å². The third-order valence-corrected chi connectivity index (χ3v) is 4.55. The molecule has 0 bridgehead atoms. The zero-order valence-corrected chi connectivity index (χ0v) is 13.1. The fourth-order valence-electron chi connectivity index (χ4n) is 2.44. The summed E-state index contributed by atoms with van der Waals surface area (Å²) in [4.78, 5) is 12.6. The molecule has 2 rings (SSSR count). The van der Waals surface area contributed by atoms with Crippen molar-refractivity contribution >= 4 is 33.5 Å². The molecule has 1 aromatic rings. The van der Waals surface area contributed by atoms with Gasteiger partial charge in [-0.3, -0.25) is 9.69 Å². The molecule has 8 heteroatoms. The van der Waals surface area contributed by atoms with Crippen LogP contribution >= 0.6 is 27.5 Å². The van der Waals surface area contributed by atoms with Crippen molar-refractivity contribution in [1.29, 1.82) is 0 Å². The van der Waals surface area contributed by atoms with Crippen LogP contribution in [0.1, 0.15) is 12.0 Å². The molecule has 1 heterocycles. The molecule has 1 fully saturated rings. The minimum atomic E-state index is -4.77. The van der Waals surface area contributed by atoms with Crippen molar-refractivity contribution in [2.24, 2.45) is 5.41 Å². The number of benzene rings is 1. The standard InChI is InChI=1S/C13H12BrClF3NO2/c14-9-2-1-8(10(15)5-9)6-19-4-3-12(7-19,11(20)21)13(16,17)18/h1-2,5H,3-4,6-7H2,(H,20,21). The third kappa shape index (κ3) is 3.19. The highest BCUT2D eigenvalue weighted by atomic mass is 79.9. The molecule has 0 amide bonds. The summed E-state index contributed by atoms with van der Waals surface area (Å²) < 4.78 is 40.0. The van der Waals surface area contributed by atoms with Crippen molar-refractivity contribution < 1.29 is 23.1 Å². The topological polar surface area (TPSA) is 40.5 Å². The number of likely N-dealkylation sites (tertiary alicyclic amines) is 1. The van der Waals surface area contributed by atoms with Crippen molar-refractivity contribution in [3.05, 3.63) is 33.3 Å². The smallest absolute Gasteiger partial charge is 0.406 e. The van der Waals surface area contributed by atoms with Gasteiger partial charge in [-0.25, -0.2) is 0 Å². The number of nitrogens with zero attached hydrogens (tertiary/aromatic N) is 1. The maximum Gasteiger partial charge on any atom is 0.406 e. The zero-order chi connectivity index (χ0) is 15.8. The maximum atomic E-state index is 13.1. The fraction of sp³-hybridized carbons (Fsp3) is 0.462. The monoisotopic (exact) mass is 385 g/mol. The van der Waals surface area contributed by atoms with E-state index in [-0.39, 0.29) is 13.1 Å². The van der Waals surface area contributed by atoms with Gasteiger partial charge in [-0.2, -0.15) is 13.2 Å². The van der Waals surface area contributed by atoms with E-state index in [0.29, 0.717) is 10.6 Å². The molecule has 0 aliphatic carbocycles. The largest absolute Gasteiger partial charge is 0.481 e. The summed E-state index contributed by atoms with van der Waals surface area (Å²) in [7, 11) is 0. The molecule has 0 aromatic heterocycles. The van der Waals surface area contributed by atoms with Gasteiger partial charge in [0.05, 0.1) is 0 Å². The molecule has 116 valence electrons. The first-order chi connectivity index (χ1) is 9.65. The molecule has 1 N–H and O–H groups in total. The average Bonchev–Trinajstić information content (AvgIpc) is 2.77. The van der Waals surface area contributed by atoms with Crippen LogP contribution in [0, 0.1) is 5.41 Å².